The van der Waals surface area contributed by atoms with Crippen LogP contribution in [0.4, 0.5) is 11.4 Å². The quantitative estimate of drug-likeness (QED) is 0.456. The first-order valence-electron chi connectivity index (χ1n) is 12.8. The van der Waals surface area contributed by atoms with E-state index in [0.717, 1.165) is 67.8 Å². The molecule has 188 valence electrons. The van der Waals surface area contributed by atoms with Crippen LogP contribution in [-0.4, -0.2) is 35.8 Å². The molecule has 0 atom stereocenters. The van der Waals surface area contributed by atoms with Gasteiger partial charge >= 0.3 is 0 Å². The summed E-state index contributed by atoms with van der Waals surface area (Å²) in [5.41, 5.74) is 17.9. The van der Waals surface area contributed by atoms with E-state index >= 15 is 0 Å². The Morgan fingerprint density at radius 3 is 2.17 bits per heavy atom. The molecule has 4 rings (SSSR count). The van der Waals surface area contributed by atoms with Crippen molar-refractivity contribution in [2.45, 2.75) is 52.1 Å². The van der Waals surface area contributed by atoms with Crippen molar-refractivity contribution in [1.82, 2.24) is 4.90 Å². The van der Waals surface area contributed by atoms with Crippen LogP contribution in [0.2, 0.25) is 0 Å². The van der Waals surface area contributed by atoms with E-state index in [0.29, 0.717) is 11.1 Å². The molecule has 6 heteroatoms. The number of benzene rings is 3. The zero-order chi connectivity index (χ0) is 25.7. The second-order valence-electron chi connectivity index (χ2n) is 9.44. The van der Waals surface area contributed by atoms with E-state index in [1.165, 1.54) is 5.56 Å². The number of piperidine rings is 1. The van der Waals surface area contributed by atoms with Crippen LogP contribution in [0.1, 0.15) is 64.1 Å². The predicted molar refractivity (Wildman–Crippen MR) is 146 cm³/mol. The van der Waals surface area contributed by atoms with E-state index in [2.05, 4.69) is 47.9 Å². The van der Waals surface area contributed by atoms with Crippen molar-refractivity contribution in [3.05, 3.63) is 94.5 Å². The summed E-state index contributed by atoms with van der Waals surface area (Å²) >= 11 is 0. The Balaban J connectivity index is 1.71. The highest BCUT2D eigenvalue weighted by atomic mass is 16.1. The van der Waals surface area contributed by atoms with Crippen LogP contribution in [0.25, 0.3) is 0 Å². The second kappa shape index (κ2) is 11.4. The molecule has 0 saturated carbocycles. The van der Waals surface area contributed by atoms with E-state index < -0.39 is 11.8 Å². The third-order valence-corrected chi connectivity index (χ3v) is 7.22. The topological polar surface area (TPSA) is 92.7 Å². The van der Waals surface area contributed by atoms with Gasteiger partial charge in [-0.15, -0.1) is 0 Å². The van der Waals surface area contributed by atoms with Crippen LogP contribution in [0.15, 0.2) is 66.7 Å². The van der Waals surface area contributed by atoms with E-state index in [1.807, 2.05) is 36.4 Å². The Hall–Kier alpha value is -3.64. The molecule has 4 N–H and O–H groups in total. The van der Waals surface area contributed by atoms with Crippen LogP contribution in [0.5, 0.6) is 0 Å². The van der Waals surface area contributed by atoms with Crippen LogP contribution in [0, 0.1) is 0 Å². The number of anilines is 2. The molecule has 0 aromatic heterocycles. The molecule has 1 aliphatic rings. The highest BCUT2D eigenvalue weighted by molar-refractivity contribution is 5.96. The van der Waals surface area contributed by atoms with Gasteiger partial charge < -0.3 is 16.4 Å². The number of carbonyl (C=O) groups excluding carboxylic acids is 2. The molecule has 0 aliphatic carbocycles. The minimum absolute atomic E-state index is 0.245. The van der Waals surface area contributed by atoms with Crippen LogP contribution in [0.3, 0.4) is 0 Å². The SMILES string of the molecule is CCc1c(C(N)=O)ccc(N(c2cccc(C(N)=O)c2)C2CCN(Cc3ccccc3)CC2)c1CC. The number of carbonyl (C=O) groups is 2. The average Bonchev–Trinajstić information content (AvgIpc) is 2.90. The minimum Gasteiger partial charge on any atom is -0.366 e. The van der Waals surface area contributed by atoms with Gasteiger partial charge in [-0.05, 0) is 72.7 Å². The lowest BCUT2D eigenvalue weighted by atomic mass is 9.92. The highest BCUT2D eigenvalue weighted by Crippen LogP contribution is 2.37. The fourth-order valence-corrected chi connectivity index (χ4v) is 5.47. The zero-order valence-electron chi connectivity index (χ0n) is 21.2. The summed E-state index contributed by atoms with van der Waals surface area (Å²) in [5, 5.41) is 0. The average molecular weight is 485 g/mol. The van der Waals surface area contributed by atoms with Crippen molar-refractivity contribution in [3.63, 3.8) is 0 Å². The maximum Gasteiger partial charge on any atom is 0.248 e. The molecule has 0 radical (unpaired) electrons. The second-order valence-corrected chi connectivity index (χ2v) is 9.44. The van der Waals surface area contributed by atoms with Crippen LogP contribution < -0.4 is 16.4 Å². The maximum absolute atomic E-state index is 12.2. The Morgan fingerprint density at radius 1 is 0.861 bits per heavy atom. The number of primary amides is 2. The van der Waals surface area contributed by atoms with E-state index in [1.54, 1.807) is 6.07 Å². The molecule has 6 nitrogen and oxygen atoms in total. The fraction of sp³-hybridized carbons (Fsp3) is 0.333. The lowest BCUT2D eigenvalue weighted by Gasteiger charge is -2.41. The summed E-state index contributed by atoms with van der Waals surface area (Å²) < 4.78 is 0. The van der Waals surface area contributed by atoms with Crippen molar-refractivity contribution in [1.29, 1.82) is 0 Å². The Kier molecular flexibility index (Phi) is 8.06. The third kappa shape index (κ3) is 5.44. The fourth-order valence-electron chi connectivity index (χ4n) is 5.47. The molecule has 0 spiro atoms. The van der Waals surface area contributed by atoms with Gasteiger partial charge in [0.1, 0.15) is 0 Å². The lowest BCUT2D eigenvalue weighted by Crippen LogP contribution is -2.43. The smallest absolute Gasteiger partial charge is 0.248 e. The number of nitrogens with two attached hydrogens (primary N) is 2. The minimum atomic E-state index is -0.441. The third-order valence-electron chi connectivity index (χ3n) is 7.22. The summed E-state index contributed by atoms with van der Waals surface area (Å²) in [6.07, 6.45) is 3.46. The molecular formula is C30H36N4O2. The highest BCUT2D eigenvalue weighted by Gasteiger charge is 2.29. The van der Waals surface area contributed by atoms with Gasteiger partial charge in [-0.3, -0.25) is 14.5 Å². The van der Waals surface area contributed by atoms with Gasteiger partial charge in [0.05, 0.1) is 0 Å². The summed E-state index contributed by atoms with van der Waals surface area (Å²) in [4.78, 5) is 29.0. The number of nitrogens with zero attached hydrogens (tertiary/aromatic N) is 2. The molecule has 1 heterocycles. The van der Waals surface area contributed by atoms with Gasteiger partial charge in [0.25, 0.3) is 0 Å². The predicted octanol–water partition coefficient (Wildman–Crippen LogP) is 4.81. The molecule has 1 fully saturated rings. The lowest BCUT2D eigenvalue weighted by molar-refractivity contribution is 0.0991. The molecule has 1 aliphatic heterocycles. The molecule has 0 unspecified atom stereocenters. The van der Waals surface area contributed by atoms with E-state index in [4.69, 9.17) is 11.5 Å². The van der Waals surface area contributed by atoms with Crippen molar-refractivity contribution in [2.75, 3.05) is 18.0 Å². The summed E-state index contributed by atoms with van der Waals surface area (Å²) in [7, 11) is 0. The van der Waals surface area contributed by atoms with Gasteiger partial charge in [-0.25, -0.2) is 0 Å². The maximum atomic E-state index is 12.2. The van der Waals surface area contributed by atoms with E-state index in [-0.39, 0.29) is 6.04 Å². The van der Waals surface area contributed by atoms with Crippen molar-refractivity contribution >= 4 is 23.2 Å². The standard InChI is InChI=1S/C30H36N4O2/c1-3-25-26(4-2)28(14-13-27(25)30(32)36)34(24-12-8-11-22(19-24)29(31)35)23-15-17-33(18-16-23)20-21-9-6-5-7-10-21/h5-14,19,23H,3-4,15-18,20H2,1-2H3,(H2,31,35)(H2,32,36). The van der Waals surface area contributed by atoms with Gasteiger partial charge in [0.15, 0.2) is 0 Å². The molecule has 0 bridgehead atoms. The zero-order valence-corrected chi connectivity index (χ0v) is 21.2. The van der Waals surface area contributed by atoms with Crippen molar-refractivity contribution in [2.24, 2.45) is 11.5 Å². The number of hydrogen-bond donors (Lipinski definition) is 2. The summed E-state index contributed by atoms with van der Waals surface area (Å²) in [5.74, 6) is -0.840. The van der Waals surface area contributed by atoms with Crippen molar-refractivity contribution in [3.8, 4) is 0 Å². The number of likely N-dealkylation sites (tertiary alicyclic amines) is 1. The first-order chi connectivity index (χ1) is 17.4. The number of rotatable bonds is 9. The summed E-state index contributed by atoms with van der Waals surface area (Å²) in [6, 6.07) is 22.2. The summed E-state index contributed by atoms with van der Waals surface area (Å²) in [6.45, 7) is 7.08. The molecule has 36 heavy (non-hydrogen) atoms. The van der Waals surface area contributed by atoms with Crippen LogP contribution in [-0.2, 0) is 19.4 Å². The molecule has 2 amide bonds. The monoisotopic (exact) mass is 484 g/mol. The van der Waals surface area contributed by atoms with E-state index in [9.17, 15) is 9.59 Å². The van der Waals surface area contributed by atoms with Gasteiger partial charge in [0, 0.05) is 48.2 Å². The largest absolute Gasteiger partial charge is 0.366 e. The van der Waals surface area contributed by atoms with Gasteiger partial charge in [-0.1, -0.05) is 50.2 Å². The Morgan fingerprint density at radius 2 is 1.56 bits per heavy atom. The van der Waals surface area contributed by atoms with Crippen molar-refractivity contribution < 1.29 is 9.59 Å². The van der Waals surface area contributed by atoms with Gasteiger partial charge in [-0.2, -0.15) is 0 Å². The number of amides is 2. The number of hydrogen-bond acceptors (Lipinski definition) is 4. The van der Waals surface area contributed by atoms with Crippen LogP contribution >= 0.6 is 0 Å². The molecule has 3 aromatic carbocycles. The molecule has 3 aromatic rings. The first-order valence-corrected chi connectivity index (χ1v) is 12.8. The Bertz CT molecular complexity index is 1220. The van der Waals surface area contributed by atoms with Gasteiger partial charge in [0.2, 0.25) is 11.8 Å². The molecular weight excluding hydrogens is 448 g/mol. The first kappa shape index (κ1) is 25.5. The molecule has 1 saturated heterocycles. The normalized spacial score (nSPS) is 14.5. The Labute approximate surface area is 213 Å².